The molecule has 180 valence electrons. The van der Waals surface area contributed by atoms with Crippen molar-refractivity contribution in [2.45, 2.75) is 30.7 Å². The molecular weight excluding hydrogens is 463 g/mol. The number of benzene rings is 2. The maximum absolute atomic E-state index is 14.0. The molecule has 0 radical (unpaired) electrons. The lowest BCUT2D eigenvalue weighted by molar-refractivity contribution is -0.142. The maximum atomic E-state index is 14.0. The van der Waals surface area contributed by atoms with Gasteiger partial charge in [0.25, 0.3) is 0 Å². The number of amides is 1. The quantitative estimate of drug-likeness (QED) is 0.425. The van der Waals surface area contributed by atoms with E-state index in [2.05, 4.69) is 5.32 Å². The van der Waals surface area contributed by atoms with Crippen molar-refractivity contribution < 1.29 is 32.6 Å². The van der Waals surface area contributed by atoms with Crippen molar-refractivity contribution >= 4 is 21.7 Å². The van der Waals surface area contributed by atoms with Crippen LogP contribution in [0.25, 0.3) is 16.9 Å². The minimum Gasteiger partial charge on any atom is -0.480 e. The van der Waals surface area contributed by atoms with E-state index in [1.54, 1.807) is 41.8 Å². The molecule has 34 heavy (non-hydrogen) atoms. The third kappa shape index (κ3) is 5.70. The summed E-state index contributed by atoms with van der Waals surface area (Å²) >= 11 is 0. The zero-order chi connectivity index (χ0) is 25.0. The fourth-order valence-electron chi connectivity index (χ4n) is 3.68. The molecule has 0 bridgehead atoms. The highest BCUT2D eigenvalue weighted by Crippen LogP contribution is 2.31. The summed E-state index contributed by atoms with van der Waals surface area (Å²) in [5.41, 5.74) is 2.98. The summed E-state index contributed by atoms with van der Waals surface area (Å²) in [6, 6.07) is 12.6. The molecule has 3 aromatic rings. The summed E-state index contributed by atoms with van der Waals surface area (Å²) in [6.07, 6.45) is 0.847. The Morgan fingerprint density at radius 1 is 1.12 bits per heavy atom. The predicted molar refractivity (Wildman–Crippen MR) is 124 cm³/mol. The number of sulfone groups is 1. The predicted octanol–water partition coefficient (Wildman–Crippen LogP) is 2.49. The van der Waals surface area contributed by atoms with Crippen LogP contribution < -0.4 is 5.32 Å². The van der Waals surface area contributed by atoms with Gasteiger partial charge in [-0.15, -0.1) is 0 Å². The van der Waals surface area contributed by atoms with Crippen molar-refractivity contribution in [1.29, 1.82) is 0 Å². The van der Waals surface area contributed by atoms with Gasteiger partial charge in [0.15, 0.2) is 9.84 Å². The highest BCUT2D eigenvalue weighted by Gasteiger charge is 2.22. The Hall–Kier alpha value is -3.50. The van der Waals surface area contributed by atoms with Gasteiger partial charge in [-0.2, -0.15) is 0 Å². The fourth-order valence-corrected chi connectivity index (χ4v) is 4.31. The van der Waals surface area contributed by atoms with E-state index in [1.807, 2.05) is 0 Å². The number of hydrogen-bond donors (Lipinski definition) is 3. The number of carboxylic acid groups (broad SMARTS) is 1. The molecule has 8 nitrogen and oxygen atoms in total. The molecule has 0 aliphatic carbocycles. The van der Waals surface area contributed by atoms with Crippen LogP contribution >= 0.6 is 0 Å². The van der Waals surface area contributed by atoms with Gasteiger partial charge in [0.2, 0.25) is 5.91 Å². The van der Waals surface area contributed by atoms with Gasteiger partial charge in [-0.3, -0.25) is 4.79 Å². The van der Waals surface area contributed by atoms with E-state index < -0.39 is 33.6 Å². The first kappa shape index (κ1) is 25.1. The van der Waals surface area contributed by atoms with Gasteiger partial charge in [0, 0.05) is 30.7 Å². The second-order valence-corrected chi connectivity index (χ2v) is 9.92. The lowest BCUT2D eigenvalue weighted by Gasteiger charge is -2.14. The van der Waals surface area contributed by atoms with E-state index in [4.69, 9.17) is 5.11 Å². The number of aromatic nitrogens is 1. The molecule has 0 unspecified atom stereocenters. The number of aliphatic hydroxyl groups excluding tert-OH is 1. The Kier molecular flexibility index (Phi) is 7.53. The number of nitrogens with one attached hydrogen (secondary N) is 1. The normalized spacial score (nSPS) is 12.4. The summed E-state index contributed by atoms with van der Waals surface area (Å²) in [5.74, 6) is -2.24. The Bertz CT molecular complexity index is 1320. The highest BCUT2D eigenvalue weighted by molar-refractivity contribution is 7.90. The molecule has 2 aromatic carbocycles. The summed E-state index contributed by atoms with van der Waals surface area (Å²) in [4.78, 5) is 24.0. The van der Waals surface area contributed by atoms with Crippen molar-refractivity contribution in [2.75, 3.05) is 12.9 Å². The number of carbonyl (C=O) groups excluding carboxylic acids is 1. The number of halogens is 1. The molecule has 1 atom stereocenters. The Morgan fingerprint density at radius 2 is 1.79 bits per heavy atom. The smallest absolute Gasteiger partial charge is 0.326 e. The van der Waals surface area contributed by atoms with E-state index in [-0.39, 0.29) is 24.3 Å². The third-order valence-electron chi connectivity index (χ3n) is 5.40. The SMILES string of the molecule is Cc1c(CC(=O)N[C@@H](CCO)C(=O)O)cc(-c2ccc(S(C)(=O)=O)cc2)n1-c1cccc(F)c1. The van der Waals surface area contributed by atoms with Gasteiger partial charge in [-0.05, 0) is 54.4 Å². The standard InChI is InChI=1S/C24H25FN2O6S/c1-15-17(13-23(29)26-21(10-11-28)24(30)31)12-22(27(15)19-5-3-4-18(25)14-19)16-6-8-20(9-7-16)34(2,32)33/h3-9,12,14,21,28H,10-11,13H2,1-2H3,(H,26,29)(H,30,31)/t21-/m0/s1. The van der Waals surface area contributed by atoms with Gasteiger partial charge >= 0.3 is 5.97 Å². The van der Waals surface area contributed by atoms with Crippen molar-refractivity contribution in [3.05, 3.63) is 71.7 Å². The van der Waals surface area contributed by atoms with Gasteiger partial charge in [0.1, 0.15) is 11.9 Å². The zero-order valence-electron chi connectivity index (χ0n) is 18.7. The lowest BCUT2D eigenvalue weighted by Crippen LogP contribution is -2.42. The van der Waals surface area contributed by atoms with E-state index in [0.717, 1.165) is 6.26 Å². The number of nitrogens with zero attached hydrogens (tertiary/aromatic N) is 1. The number of carbonyl (C=O) groups is 2. The van der Waals surface area contributed by atoms with Gasteiger partial charge < -0.3 is 20.1 Å². The Morgan fingerprint density at radius 3 is 2.35 bits per heavy atom. The van der Waals surface area contributed by atoms with Crippen molar-refractivity contribution in [3.8, 4) is 16.9 Å². The molecule has 0 aliphatic heterocycles. The largest absolute Gasteiger partial charge is 0.480 e. The molecule has 10 heteroatoms. The van der Waals surface area contributed by atoms with E-state index >= 15 is 0 Å². The molecule has 0 saturated carbocycles. The first-order valence-electron chi connectivity index (χ1n) is 10.4. The van der Waals surface area contributed by atoms with Gasteiger partial charge in [-0.25, -0.2) is 17.6 Å². The minimum absolute atomic E-state index is 0.123. The summed E-state index contributed by atoms with van der Waals surface area (Å²) in [5, 5.41) is 20.6. The average molecular weight is 489 g/mol. The van der Waals surface area contributed by atoms with Crippen LogP contribution in [0.3, 0.4) is 0 Å². The second kappa shape index (κ2) is 10.2. The van der Waals surface area contributed by atoms with Crippen LogP contribution in [-0.4, -0.2) is 54.0 Å². The van der Waals surface area contributed by atoms with Crippen LogP contribution in [-0.2, 0) is 25.8 Å². The monoisotopic (exact) mass is 488 g/mol. The van der Waals surface area contributed by atoms with Crippen LogP contribution in [0.1, 0.15) is 17.7 Å². The molecule has 1 heterocycles. The number of aliphatic hydroxyl groups is 1. The van der Waals surface area contributed by atoms with Crippen LogP contribution in [0.5, 0.6) is 0 Å². The third-order valence-corrected chi connectivity index (χ3v) is 6.53. The molecular formula is C24H25FN2O6S. The summed E-state index contributed by atoms with van der Waals surface area (Å²) in [7, 11) is -3.39. The summed E-state index contributed by atoms with van der Waals surface area (Å²) in [6.45, 7) is 1.37. The number of aliphatic carboxylic acids is 1. The van der Waals surface area contributed by atoms with Crippen LogP contribution in [0.4, 0.5) is 4.39 Å². The second-order valence-electron chi connectivity index (χ2n) is 7.90. The van der Waals surface area contributed by atoms with Crippen molar-refractivity contribution in [3.63, 3.8) is 0 Å². The molecule has 0 saturated heterocycles. The van der Waals surface area contributed by atoms with Crippen molar-refractivity contribution in [2.24, 2.45) is 0 Å². The first-order valence-corrected chi connectivity index (χ1v) is 12.3. The Labute approximate surface area is 196 Å². The van der Waals surface area contributed by atoms with Gasteiger partial charge in [0.05, 0.1) is 17.0 Å². The van der Waals surface area contributed by atoms with E-state index in [9.17, 15) is 27.5 Å². The topological polar surface area (TPSA) is 126 Å². The lowest BCUT2D eigenvalue weighted by atomic mass is 10.1. The molecule has 1 aromatic heterocycles. The maximum Gasteiger partial charge on any atom is 0.326 e. The highest BCUT2D eigenvalue weighted by atomic mass is 32.2. The van der Waals surface area contributed by atoms with Crippen LogP contribution in [0.2, 0.25) is 0 Å². The molecule has 0 fully saturated rings. The fraction of sp³-hybridized carbons (Fsp3) is 0.250. The zero-order valence-corrected chi connectivity index (χ0v) is 19.5. The average Bonchev–Trinajstić information content (AvgIpc) is 3.08. The summed E-state index contributed by atoms with van der Waals surface area (Å²) < 4.78 is 39.4. The van der Waals surface area contributed by atoms with Crippen LogP contribution in [0.15, 0.2) is 59.5 Å². The Balaban J connectivity index is 2.04. The van der Waals surface area contributed by atoms with E-state index in [1.165, 1.54) is 24.3 Å². The molecule has 1 amide bonds. The number of hydrogen-bond acceptors (Lipinski definition) is 5. The minimum atomic E-state index is -3.39. The van der Waals surface area contributed by atoms with Gasteiger partial charge in [-0.1, -0.05) is 18.2 Å². The molecule has 3 N–H and O–H groups in total. The molecule has 0 spiro atoms. The number of rotatable bonds is 9. The molecule has 3 rings (SSSR count). The van der Waals surface area contributed by atoms with Crippen molar-refractivity contribution in [1.82, 2.24) is 9.88 Å². The van der Waals surface area contributed by atoms with E-state index in [0.29, 0.717) is 28.2 Å². The van der Waals surface area contributed by atoms with Crippen LogP contribution in [0, 0.1) is 12.7 Å². The molecule has 0 aliphatic rings. The number of carboxylic acids is 1. The first-order chi connectivity index (χ1) is 16.0.